The second-order valence-corrected chi connectivity index (χ2v) is 11.7. The van der Waals surface area contributed by atoms with E-state index in [-0.39, 0.29) is 37.4 Å². The highest BCUT2D eigenvalue weighted by atomic mass is 32.1. The molecule has 5 rings (SSSR count). The van der Waals surface area contributed by atoms with Gasteiger partial charge < -0.3 is 19.5 Å². The number of alkyl carbamates (subject to hydrolysis) is 1. The average molecular weight is 564 g/mol. The minimum Gasteiger partial charge on any atom is -0.461 e. The molecule has 3 aromatic rings. The van der Waals surface area contributed by atoms with Gasteiger partial charge in [0.1, 0.15) is 17.2 Å². The van der Waals surface area contributed by atoms with Crippen LogP contribution in [-0.4, -0.2) is 59.4 Å². The number of thiazole rings is 1. The van der Waals surface area contributed by atoms with Crippen LogP contribution in [0.5, 0.6) is 0 Å². The van der Waals surface area contributed by atoms with Crippen LogP contribution in [0.15, 0.2) is 53.9 Å². The van der Waals surface area contributed by atoms with Crippen molar-refractivity contribution in [3.63, 3.8) is 0 Å². The van der Waals surface area contributed by atoms with E-state index in [0.29, 0.717) is 11.4 Å². The molecule has 1 aliphatic heterocycles. The summed E-state index contributed by atoms with van der Waals surface area (Å²) in [6.45, 7) is 7.77. The van der Waals surface area contributed by atoms with Crippen LogP contribution in [0.25, 0.3) is 11.1 Å². The largest absolute Gasteiger partial charge is 0.461 e. The number of hydrogen-bond acceptors (Lipinski definition) is 8. The monoisotopic (exact) mass is 563 g/mol. The van der Waals surface area contributed by atoms with Gasteiger partial charge in [-0.3, -0.25) is 4.90 Å². The molecule has 1 fully saturated rings. The predicted octanol–water partition coefficient (Wildman–Crippen LogP) is 5.91. The molecule has 0 spiro atoms. The number of likely N-dealkylation sites (tertiary alicyclic amines) is 1. The molecule has 1 N–H and O–H groups in total. The molecule has 2 aromatic carbocycles. The second kappa shape index (κ2) is 11.3. The van der Waals surface area contributed by atoms with Crippen molar-refractivity contribution in [1.82, 2.24) is 15.2 Å². The van der Waals surface area contributed by atoms with Crippen molar-refractivity contribution in [2.24, 2.45) is 0 Å². The average Bonchev–Trinajstić information content (AvgIpc) is 3.63. The van der Waals surface area contributed by atoms with Gasteiger partial charge in [-0.15, -0.1) is 11.3 Å². The predicted molar refractivity (Wildman–Crippen MR) is 150 cm³/mol. The van der Waals surface area contributed by atoms with E-state index in [0.717, 1.165) is 22.3 Å². The van der Waals surface area contributed by atoms with Gasteiger partial charge in [0.2, 0.25) is 0 Å². The van der Waals surface area contributed by atoms with Gasteiger partial charge in [-0.05, 0) is 56.4 Å². The van der Waals surface area contributed by atoms with Crippen molar-refractivity contribution in [1.29, 1.82) is 0 Å². The highest BCUT2D eigenvalue weighted by molar-refractivity contribution is 7.09. The Kier molecular flexibility index (Phi) is 7.80. The van der Waals surface area contributed by atoms with Crippen LogP contribution in [-0.2, 0) is 14.2 Å². The Morgan fingerprint density at radius 2 is 1.68 bits per heavy atom. The van der Waals surface area contributed by atoms with Crippen LogP contribution in [0.4, 0.5) is 9.59 Å². The number of nitrogens with zero attached hydrogens (tertiary/aromatic N) is 2. The Balaban J connectivity index is 1.27. The van der Waals surface area contributed by atoms with Crippen molar-refractivity contribution in [3.05, 3.63) is 75.7 Å². The van der Waals surface area contributed by atoms with Gasteiger partial charge in [0.25, 0.3) is 0 Å². The molecule has 40 heavy (non-hydrogen) atoms. The zero-order chi connectivity index (χ0) is 28.4. The lowest BCUT2D eigenvalue weighted by molar-refractivity contribution is 0.0220. The Labute approximate surface area is 237 Å². The van der Waals surface area contributed by atoms with Gasteiger partial charge in [0.05, 0.1) is 18.7 Å². The van der Waals surface area contributed by atoms with Gasteiger partial charge in [-0.1, -0.05) is 48.5 Å². The first-order valence-electron chi connectivity index (χ1n) is 13.4. The minimum absolute atomic E-state index is 0.0515. The first-order valence-corrected chi connectivity index (χ1v) is 14.3. The first kappa shape index (κ1) is 27.6. The van der Waals surface area contributed by atoms with E-state index < -0.39 is 29.8 Å². The summed E-state index contributed by atoms with van der Waals surface area (Å²) in [7, 11) is 0. The lowest BCUT2D eigenvalue weighted by Gasteiger charge is -2.27. The number of esters is 1. The number of amides is 2. The van der Waals surface area contributed by atoms with Gasteiger partial charge in [-0.25, -0.2) is 19.4 Å². The van der Waals surface area contributed by atoms with E-state index in [1.54, 1.807) is 38.0 Å². The summed E-state index contributed by atoms with van der Waals surface area (Å²) in [6.07, 6.45) is -0.663. The molecule has 1 aromatic heterocycles. The van der Waals surface area contributed by atoms with E-state index in [4.69, 9.17) is 14.2 Å². The van der Waals surface area contributed by atoms with Crippen molar-refractivity contribution in [2.75, 3.05) is 19.8 Å². The molecule has 0 radical (unpaired) electrons. The van der Waals surface area contributed by atoms with E-state index in [1.165, 1.54) is 11.3 Å². The summed E-state index contributed by atoms with van der Waals surface area (Å²) in [5, 5.41) is 5.12. The molecular weight excluding hydrogens is 530 g/mol. The lowest BCUT2D eigenvalue weighted by Crippen LogP contribution is -2.41. The molecule has 1 saturated heterocycles. The first-order chi connectivity index (χ1) is 19.1. The Morgan fingerprint density at radius 3 is 2.30 bits per heavy atom. The zero-order valence-corrected chi connectivity index (χ0v) is 23.8. The summed E-state index contributed by atoms with van der Waals surface area (Å²) in [5.74, 6) is -0.565. The van der Waals surface area contributed by atoms with Gasteiger partial charge >= 0.3 is 18.2 Å². The molecule has 9 nitrogen and oxygen atoms in total. The fraction of sp³-hybridized carbons (Fsp3) is 0.400. The normalized spacial score (nSPS) is 18.1. The van der Waals surface area contributed by atoms with E-state index >= 15 is 0 Å². The van der Waals surface area contributed by atoms with Crippen LogP contribution in [0.3, 0.4) is 0 Å². The van der Waals surface area contributed by atoms with Crippen molar-refractivity contribution < 1.29 is 28.6 Å². The van der Waals surface area contributed by atoms with Gasteiger partial charge in [0.15, 0.2) is 5.69 Å². The number of ether oxygens (including phenoxy) is 3. The minimum atomic E-state index is -0.696. The molecule has 0 bridgehead atoms. The summed E-state index contributed by atoms with van der Waals surface area (Å²) >= 11 is 1.27. The molecule has 2 heterocycles. The quantitative estimate of drug-likeness (QED) is 0.294. The third kappa shape index (κ3) is 5.82. The molecule has 2 amide bonds. The number of aromatic nitrogens is 1. The fourth-order valence-corrected chi connectivity index (χ4v) is 6.16. The van der Waals surface area contributed by atoms with Gasteiger partial charge in [-0.2, -0.15) is 0 Å². The Morgan fingerprint density at radius 1 is 1.02 bits per heavy atom. The topological polar surface area (TPSA) is 107 Å². The number of nitrogens with one attached hydrogen (secondary N) is 1. The van der Waals surface area contributed by atoms with Crippen molar-refractivity contribution in [3.8, 4) is 11.1 Å². The molecule has 2 aliphatic rings. The van der Waals surface area contributed by atoms with Crippen molar-refractivity contribution >= 4 is 29.5 Å². The molecule has 1 aliphatic carbocycles. The number of hydrogen-bond donors (Lipinski definition) is 1. The highest BCUT2D eigenvalue weighted by Crippen LogP contribution is 2.44. The smallest absolute Gasteiger partial charge is 0.410 e. The molecule has 2 atom stereocenters. The van der Waals surface area contributed by atoms with E-state index in [1.807, 2.05) is 24.3 Å². The SMILES string of the molecule is CCOC(=O)c1csc([C@@H]2C[C@@H](NC(=O)OCC3c4ccccc4-c4ccccc43)CN2C(=O)OC(C)(C)C)n1. The Bertz CT molecular complexity index is 1370. The summed E-state index contributed by atoms with van der Waals surface area (Å²) in [4.78, 5) is 44.2. The van der Waals surface area contributed by atoms with Crippen molar-refractivity contribution in [2.45, 2.75) is 57.7 Å². The van der Waals surface area contributed by atoms with Crippen LogP contribution in [0, 0.1) is 0 Å². The summed E-state index contributed by atoms with van der Waals surface area (Å²) in [5.41, 5.74) is 4.08. The maximum absolute atomic E-state index is 13.1. The van der Waals surface area contributed by atoms with E-state index in [2.05, 4.69) is 34.6 Å². The van der Waals surface area contributed by atoms with Crippen LogP contribution >= 0.6 is 11.3 Å². The number of fused-ring (bicyclic) bond motifs is 3. The van der Waals surface area contributed by atoms with Crippen LogP contribution < -0.4 is 5.32 Å². The molecule has 0 unspecified atom stereocenters. The summed E-state index contributed by atoms with van der Waals surface area (Å²) in [6, 6.07) is 15.5. The standard InChI is InChI=1S/C30H33N3O6S/c1-5-37-27(34)24-17-40-26(32-24)25-14-18(15-33(25)29(36)39-30(2,3)4)31-28(35)38-16-23-21-12-8-6-10-19(21)20-11-7-9-13-22(20)23/h6-13,17-18,23,25H,5,14-16H2,1-4H3,(H,31,35)/t18-,25+/m1/s1. The van der Waals surface area contributed by atoms with Crippen LogP contribution in [0.1, 0.15) is 72.7 Å². The van der Waals surface area contributed by atoms with Gasteiger partial charge in [0, 0.05) is 17.8 Å². The zero-order valence-electron chi connectivity index (χ0n) is 23.0. The number of carbonyl (C=O) groups excluding carboxylic acids is 3. The maximum atomic E-state index is 13.1. The molecule has 10 heteroatoms. The molecule has 210 valence electrons. The third-order valence-electron chi connectivity index (χ3n) is 6.89. The lowest BCUT2D eigenvalue weighted by atomic mass is 9.98. The fourth-order valence-electron chi connectivity index (χ4n) is 5.24. The Hall–Kier alpha value is -3.92. The highest BCUT2D eigenvalue weighted by Gasteiger charge is 2.41. The summed E-state index contributed by atoms with van der Waals surface area (Å²) < 4.78 is 16.4. The maximum Gasteiger partial charge on any atom is 0.410 e. The number of carbonyl (C=O) groups is 3. The molecule has 0 saturated carbocycles. The number of rotatable bonds is 6. The molecular formula is C30H33N3O6S. The number of benzene rings is 2. The van der Waals surface area contributed by atoms with E-state index in [9.17, 15) is 14.4 Å². The second-order valence-electron chi connectivity index (χ2n) is 10.8. The van der Waals surface area contributed by atoms with Crippen LogP contribution in [0.2, 0.25) is 0 Å². The third-order valence-corrected chi connectivity index (χ3v) is 7.83.